The summed E-state index contributed by atoms with van der Waals surface area (Å²) in [5.74, 6) is 1.83. The van der Waals surface area contributed by atoms with Gasteiger partial charge in [0.2, 0.25) is 0 Å². The summed E-state index contributed by atoms with van der Waals surface area (Å²) in [5, 5.41) is 4.15. The predicted molar refractivity (Wildman–Crippen MR) is 66.5 cm³/mol. The lowest BCUT2D eigenvalue weighted by Gasteiger charge is -2.07. The Bertz CT molecular complexity index is 510. The van der Waals surface area contributed by atoms with Gasteiger partial charge in [0.05, 0.1) is 18.3 Å². The van der Waals surface area contributed by atoms with Crippen molar-refractivity contribution in [2.24, 2.45) is 0 Å². The molecule has 0 aliphatic rings. The predicted octanol–water partition coefficient (Wildman–Crippen LogP) is 3.14. The largest absolute Gasteiger partial charge is 0.454 e. The number of aromatic nitrogens is 3. The molecule has 0 bridgehead atoms. The molecule has 2 aromatic rings. The van der Waals surface area contributed by atoms with E-state index in [0.717, 1.165) is 23.6 Å². The number of aryl methyl sites for hydroxylation is 2. The van der Waals surface area contributed by atoms with E-state index in [4.69, 9.17) is 16.3 Å². The van der Waals surface area contributed by atoms with Crippen molar-refractivity contribution < 1.29 is 4.74 Å². The maximum absolute atomic E-state index is 5.84. The molecule has 0 saturated carbocycles. The number of ether oxygens (including phenoxy) is 1. The molecule has 0 aromatic carbocycles. The minimum absolute atomic E-state index is 0.379. The van der Waals surface area contributed by atoms with Crippen LogP contribution in [-0.2, 0) is 12.4 Å². The van der Waals surface area contributed by atoms with Crippen LogP contribution >= 0.6 is 11.6 Å². The van der Waals surface area contributed by atoms with Gasteiger partial charge in [0.15, 0.2) is 5.75 Å². The second-order valence-corrected chi connectivity index (χ2v) is 3.97. The molecule has 90 valence electrons. The molecule has 17 heavy (non-hydrogen) atoms. The van der Waals surface area contributed by atoms with E-state index in [1.807, 2.05) is 30.8 Å². The van der Waals surface area contributed by atoms with E-state index < -0.39 is 0 Å². The van der Waals surface area contributed by atoms with Crippen LogP contribution in [0.15, 0.2) is 24.7 Å². The van der Waals surface area contributed by atoms with Crippen molar-refractivity contribution in [2.45, 2.75) is 26.3 Å². The van der Waals surface area contributed by atoms with Crippen molar-refractivity contribution in [1.82, 2.24) is 14.8 Å². The fraction of sp³-hybridized carbons (Fsp3) is 0.333. The standard InChI is InChI=1S/C12H14ClN3O/c1-3-16-8-11(7-15-16)17-12-4-9(2)14-6-10(12)5-13/h4,6-8H,3,5H2,1-2H3. The lowest BCUT2D eigenvalue weighted by atomic mass is 10.2. The van der Waals surface area contributed by atoms with Crippen molar-refractivity contribution in [3.05, 3.63) is 35.9 Å². The smallest absolute Gasteiger partial charge is 0.165 e. The number of hydrogen-bond donors (Lipinski definition) is 0. The number of rotatable bonds is 4. The maximum atomic E-state index is 5.84. The molecule has 0 saturated heterocycles. The first-order valence-corrected chi connectivity index (χ1v) is 5.98. The van der Waals surface area contributed by atoms with Gasteiger partial charge in [0.25, 0.3) is 0 Å². The van der Waals surface area contributed by atoms with Crippen LogP contribution in [0.4, 0.5) is 0 Å². The second-order valence-electron chi connectivity index (χ2n) is 3.70. The SMILES string of the molecule is CCn1cc(Oc2cc(C)ncc2CCl)cn1. The van der Waals surface area contributed by atoms with Crippen molar-refractivity contribution in [2.75, 3.05) is 0 Å². The third-order valence-electron chi connectivity index (χ3n) is 2.39. The summed E-state index contributed by atoms with van der Waals surface area (Å²) in [5.41, 5.74) is 1.78. The molecule has 2 rings (SSSR count). The van der Waals surface area contributed by atoms with Crippen molar-refractivity contribution in [1.29, 1.82) is 0 Å². The van der Waals surface area contributed by atoms with Gasteiger partial charge in [-0.1, -0.05) is 0 Å². The topological polar surface area (TPSA) is 39.9 Å². The van der Waals surface area contributed by atoms with Crippen LogP contribution in [0.2, 0.25) is 0 Å². The Morgan fingerprint density at radius 3 is 2.88 bits per heavy atom. The van der Waals surface area contributed by atoms with E-state index in [-0.39, 0.29) is 0 Å². The lowest BCUT2D eigenvalue weighted by molar-refractivity contribution is 0.475. The number of hydrogen-bond acceptors (Lipinski definition) is 3. The normalized spacial score (nSPS) is 10.5. The highest BCUT2D eigenvalue weighted by molar-refractivity contribution is 6.17. The average Bonchev–Trinajstić information content (AvgIpc) is 2.77. The molecule has 2 heterocycles. The first-order valence-electron chi connectivity index (χ1n) is 5.44. The summed E-state index contributed by atoms with van der Waals surface area (Å²) in [6.45, 7) is 4.76. The summed E-state index contributed by atoms with van der Waals surface area (Å²) in [6.07, 6.45) is 5.28. The molecule has 0 amide bonds. The van der Waals surface area contributed by atoms with Crippen LogP contribution in [0.3, 0.4) is 0 Å². The van der Waals surface area contributed by atoms with Crippen LogP contribution < -0.4 is 4.74 Å². The van der Waals surface area contributed by atoms with Gasteiger partial charge in [-0.3, -0.25) is 9.67 Å². The molecule has 0 aliphatic carbocycles. The molecule has 0 unspecified atom stereocenters. The minimum atomic E-state index is 0.379. The van der Waals surface area contributed by atoms with E-state index in [9.17, 15) is 0 Å². The molecule has 0 fully saturated rings. The fourth-order valence-electron chi connectivity index (χ4n) is 1.46. The van der Waals surface area contributed by atoms with Crippen LogP contribution in [0.1, 0.15) is 18.2 Å². The Hall–Kier alpha value is -1.55. The third kappa shape index (κ3) is 2.77. The van der Waals surface area contributed by atoms with E-state index in [0.29, 0.717) is 11.6 Å². The highest BCUT2D eigenvalue weighted by Crippen LogP contribution is 2.26. The van der Waals surface area contributed by atoms with Gasteiger partial charge in [0.1, 0.15) is 5.75 Å². The van der Waals surface area contributed by atoms with Crippen LogP contribution in [0.5, 0.6) is 11.5 Å². The summed E-state index contributed by atoms with van der Waals surface area (Å²) < 4.78 is 7.57. The monoisotopic (exact) mass is 251 g/mol. The molecular formula is C12H14ClN3O. The van der Waals surface area contributed by atoms with Gasteiger partial charge < -0.3 is 4.74 Å². The van der Waals surface area contributed by atoms with Crippen LogP contribution in [-0.4, -0.2) is 14.8 Å². The van der Waals surface area contributed by atoms with Gasteiger partial charge in [-0.2, -0.15) is 5.10 Å². The molecule has 0 N–H and O–H groups in total. The third-order valence-corrected chi connectivity index (χ3v) is 2.67. The van der Waals surface area contributed by atoms with Crippen LogP contribution in [0, 0.1) is 6.92 Å². The summed E-state index contributed by atoms with van der Waals surface area (Å²) in [4.78, 5) is 4.19. The van der Waals surface area contributed by atoms with E-state index in [1.54, 1.807) is 12.4 Å². The van der Waals surface area contributed by atoms with Crippen molar-refractivity contribution in [3.63, 3.8) is 0 Å². The molecule has 0 aliphatic heterocycles. The van der Waals surface area contributed by atoms with Gasteiger partial charge in [-0.25, -0.2) is 0 Å². The molecular weight excluding hydrogens is 238 g/mol. The highest BCUT2D eigenvalue weighted by Gasteiger charge is 2.07. The average molecular weight is 252 g/mol. The fourth-order valence-corrected chi connectivity index (χ4v) is 1.66. The Labute approximate surface area is 105 Å². The minimum Gasteiger partial charge on any atom is -0.454 e. The number of nitrogens with zero attached hydrogens (tertiary/aromatic N) is 3. The van der Waals surface area contributed by atoms with Gasteiger partial charge in [0, 0.05) is 30.1 Å². The van der Waals surface area contributed by atoms with Crippen molar-refractivity contribution in [3.8, 4) is 11.5 Å². The van der Waals surface area contributed by atoms with Gasteiger partial charge in [-0.15, -0.1) is 11.6 Å². The lowest BCUT2D eigenvalue weighted by Crippen LogP contribution is -1.93. The highest BCUT2D eigenvalue weighted by atomic mass is 35.5. The molecule has 2 aromatic heterocycles. The summed E-state index contributed by atoms with van der Waals surface area (Å²) in [6, 6.07) is 1.88. The number of pyridine rings is 1. The first kappa shape index (κ1) is 11.9. The van der Waals surface area contributed by atoms with E-state index >= 15 is 0 Å². The van der Waals surface area contributed by atoms with E-state index in [2.05, 4.69) is 10.1 Å². The Morgan fingerprint density at radius 2 is 2.24 bits per heavy atom. The quantitative estimate of drug-likeness (QED) is 0.784. The summed E-state index contributed by atoms with van der Waals surface area (Å²) >= 11 is 5.84. The maximum Gasteiger partial charge on any atom is 0.165 e. The second kappa shape index (κ2) is 5.19. The van der Waals surface area contributed by atoms with Crippen molar-refractivity contribution >= 4 is 11.6 Å². The molecule has 4 nitrogen and oxygen atoms in total. The van der Waals surface area contributed by atoms with Gasteiger partial charge in [-0.05, 0) is 13.8 Å². The zero-order chi connectivity index (χ0) is 12.3. The molecule has 0 spiro atoms. The Balaban J connectivity index is 2.25. The van der Waals surface area contributed by atoms with Gasteiger partial charge >= 0.3 is 0 Å². The summed E-state index contributed by atoms with van der Waals surface area (Å²) in [7, 11) is 0. The Morgan fingerprint density at radius 1 is 1.41 bits per heavy atom. The zero-order valence-corrected chi connectivity index (χ0v) is 10.6. The Kier molecular flexibility index (Phi) is 3.64. The number of halogens is 1. The van der Waals surface area contributed by atoms with Crippen LogP contribution in [0.25, 0.3) is 0 Å². The number of alkyl halides is 1. The molecule has 5 heteroatoms. The molecule has 0 atom stereocenters. The first-order chi connectivity index (χ1) is 8.22. The zero-order valence-electron chi connectivity index (χ0n) is 9.85. The molecule has 0 radical (unpaired) electrons. The van der Waals surface area contributed by atoms with E-state index in [1.165, 1.54) is 0 Å².